The van der Waals surface area contributed by atoms with Gasteiger partial charge in [-0.15, -0.1) is 11.6 Å². The number of esters is 1. The van der Waals surface area contributed by atoms with E-state index >= 15 is 0 Å². The molecule has 5 heteroatoms. The minimum Gasteiger partial charge on any atom is -0.469 e. The Hall–Kier alpha value is -0.870. The van der Waals surface area contributed by atoms with Crippen molar-refractivity contribution in [2.75, 3.05) is 7.11 Å². The van der Waals surface area contributed by atoms with Gasteiger partial charge >= 0.3 is 5.97 Å². The molecule has 0 bridgehead atoms. The van der Waals surface area contributed by atoms with E-state index in [2.05, 4.69) is 20.7 Å². The number of methoxy groups -OCH3 is 1. The van der Waals surface area contributed by atoms with E-state index < -0.39 is 5.38 Å². The van der Waals surface area contributed by atoms with Gasteiger partial charge in [-0.3, -0.25) is 9.59 Å². The fraction of sp³-hybridized carbons (Fsp3) is 0.333. The van der Waals surface area contributed by atoms with Crippen molar-refractivity contribution in [2.45, 2.75) is 18.7 Å². The van der Waals surface area contributed by atoms with Gasteiger partial charge in [0.25, 0.3) is 0 Å². The minimum atomic E-state index is -0.598. The van der Waals surface area contributed by atoms with Crippen LogP contribution in [0.5, 0.6) is 0 Å². The lowest BCUT2D eigenvalue weighted by Crippen LogP contribution is -2.12. The zero-order chi connectivity index (χ0) is 13.0. The summed E-state index contributed by atoms with van der Waals surface area (Å²) in [5.41, 5.74) is 1.20. The Morgan fingerprint density at radius 3 is 2.65 bits per heavy atom. The second-order valence-corrected chi connectivity index (χ2v) is 5.06. The van der Waals surface area contributed by atoms with Crippen molar-refractivity contribution < 1.29 is 14.3 Å². The number of carbonyl (C=O) groups is 2. The molecule has 1 rings (SSSR count). The number of hydrogen-bond acceptors (Lipinski definition) is 3. The first-order chi connectivity index (χ1) is 7.95. The molecule has 0 saturated heterocycles. The average Bonchev–Trinajstić information content (AvgIpc) is 2.30. The Morgan fingerprint density at radius 1 is 1.47 bits per heavy atom. The fourth-order valence-corrected chi connectivity index (χ4v) is 1.88. The largest absolute Gasteiger partial charge is 0.469 e. The van der Waals surface area contributed by atoms with Crippen LogP contribution in [0.3, 0.4) is 0 Å². The number of ketones is 1. The van der Waals surface area contributed by atoms with Crippen molar-refractivity contribution in [2.24, 2.45) is 0 Å². The normalized spacial score (nSPS) is 12.0. The lowest BCUT2D eigenvalue weighted by Gasteiger charge is -2.08. The van der Waals surface area contributed by atoms with Crippen LogP contribution in [0, 0.1) is 0 Å². The van der Waals surface area contributed by atoms with Gasteiger partial charge in [0.05, 0.1) is 18.9 Å². The third kappa shape index (κ3) is 3.82. The first-order valence-electron chi connectivity index (χ1n) is 4.99. The van der Waals surface area contributed by atoms with Crippen molar-refractivity contribution in [1.82, 2.24) is 0 Å². The quantitative estimate of drug-likeness (QED) is 0.487. The molecule has 0 N–H and O–H groups in total. The lowest BCUT2D eigenvalue weighted by atomic mass is 10.0. The summed E-state index contributed by atoms with van der Waals surface area (Å²) in [5, 5.41) is -0.598. The van der Waals surface area contributed by atoms with E-state index in [1.165, 1.54) is 7.11 Å². The number of hydrogen-bond donors (Lipinski definition) is 0. The van der Waals surface area contributed by atoms with Crippen molar-refractivity contribution in [3.63, 3.8) is 0 Å². The van der Waals surface area contributed by atoms with Crippen molar-refractivity contribution in [3.8, 4) is 0 Å². The minimum absolute atomic E-state index is 0.140. The van der Waals surface area contributed by atoms with E-state index in [4.69, 9.17) is 11.6 Å². The predicted octanol–water partition coefficient (Wildman–Crippen LogP) is 2.97. The van der Waals surface area contributed by atoms with E-state index in [9.17, 15) is 9.59 Å². The highest BCUT2D eigenvalue weighted by Gasteiger charge is 2.16. The molecule has 0 aromatic heterocycles. The standard InChI is InChI=1S/C12H12BrClO3/c1-7(14)12(16)9-5-8(3-4-10(9)13)6-11(15)17-2/h3-5,7H,6H2,1-2H3. The molecule has 1 aromatic carbocycles. The third-order valence-corrected chi connectivity index (χ3v) is 3.12. The van der Waals surface area contributed by atoms with Crippen LogP contribution in [0.1, 0.15) is 22.8 Å². The van der Waals surface area contributed by atoms with Crippen LogP contribution in [0.15, 0.2) is 22.7 Å². The molecule has 1 unspecified atom stereocenters. The maximum atomic E-state index is 11.8. The second-order valence-electron chi connectivity index (χ2n) is 3.55. The fourth-order valence-electron chi connectivity index (χ4n) is 1.32. The molecule has 0 amide bonds. The summed E-state index contributed by atoms with van der Waals surface area (Å²) in [5.74, 6) is -0.519. The van der Waals surface area contributed by atoms with Gasteiger partial charge in [0, 0.05) is 10.0 Å². The molecule has 0 aliphatic rings. The van der Waals surface area contributed by atoms with E-state index in [0.717, 1.165) is 5.56 Å². The maximum Gasteiger partial charge on any atom is 0.309 e. The lowest BCUT2D eigenvalue weighted by molar-refractivity contribution is -0.139. The van der Waals surface area contributed by atoms with E-state index in [1.54, 1.807) is 25.1 Å². The van der Waals surface area contributed by atoms with Crippen LogP contribution in [0.4, 0.5) is 0 Å². The Bertz CT molecular complexity index is 443. The molecule has 1 aromatic rings. The SMILES string of the molecule is COC(=O)Cc1ccc(Br)c(C(=O)C(C)Cl)c1. The van der Waals surface area contributed by atoms with Crippen LogP contribution in [-0.4, -0.2) is 24.2 Å². The third-order valence-electron chi connectivity index (χ3n) is 2.23. The molecular formula is C12H12BrClO3. The van der Waals surface area contributed by atoms with Crippen LogP contribution in [0.25, 0.3) is 0 Å². The highest BCUT2D eigenvalue weighted by molar-refractivity contribution is 9.10. The Labute approximate surface area is 113 Å². The number of Topliss-reactive ketones (excluding diaryl/α,β-unsaturated/α-hetero) is 1. The molecule has 0 aliphatic heterocycles. The first-order valence-corrected chi connectivity index (χ1v) is 6.22. The number of rotatable bonds is 4. The van der Waals surface area contributed by atoms with Gasteiger partial charge in [-0.05, 0) is 24.6 Å². The maximum absolute atomic E-state index is 11.8. The molecule has 1 atom stereocenters. The Kier molecular flexibility index (Phi) is 5.15. The van der Waals surface area contributed by atoms with Crippen molar-refractivity contribution in [1.29, 1.82) is 0 Å². The second kappa shape index (κ2) is 6.17. The van der Waals surface area contributed by atoms with Gasteiger partial charge in [0.15, 0.2) is 5.78 Å². The van der Waals surface area contributed by atoms with Crippen LogP contribution in [0.2, 0.25) is 0 Å². The first kappa shape index (κ1) is 14.2. The van der Waals surface area contributed by atoms with Gasteiger partial charge in [-0.2, -0.15) is 0 Å². The van der Waals surface area contributed by atoms with Crippen molar-refractivity contribution >= 4 is 39.3 Å². The molecule has 3 nitrogen and oxygen atoms in total. The van der Waals surface area contributed by atoms with Gasteiger partial charge in [-0.25, -0.2) is 0 Å². The van der Waals surface area contributed by atoms with E-state index in [0.29, 0.717) is 10.0 Å². The molecule has 17 heavy (non-hydrogen) atoms. The van der Waals surface area contributed by atoms with Gasteiger partial charge in [-0.1, -0.05) is 22.0 Å². The number of halogens is 2. The zero-order valence-corrected chi connectivity index (χ0v) is 11.8. The predicted molar refractivity (Wildman–Crippen MR) is 69.5 cm³/mol. The monoisotopic (exact) mass is 318 g/mol. The van der Waals surface area contributed by atoms with Gasteiger partial charge < -0.3 is 4.74 Å². The summed E-state index contributed by atoms with van der Waals surface area (Å²) in [7, 11) is 1.33. The summed E-state index contributed by atoms with van der Waals surface area (Å²) < 4.78 is 5.24. The average molecular weight is 320 g/mol. The molecule has 0 fully saturated rings. The molecule has 0 aliphatic carbocycles. The van der Waals surface area contributed by atoms with Gasteiger partial charge in [0.2, 0.25) is 0 Å². The Morgan fingerprint density at radius 2 is 2.12 bits per heavy atom. The molecule has 0 heterocycles. The molecule has 0 spiro atoms. The van der Waals surface area contributed by atoms with E-state index in [-0.39, 0.29) is 18.2 Å². The van der Waals surface area contributed by atoms with Crippen LogP contribution < -0.4 is 0 Å². The topological polar surface area (TPSA) is 43.4 Å². The van der Waals surface area contributed by atoms with Gasteiger partial charge in [0.1, 0.15) is 0 Å². The summed E-state index contributed by atoms with van der Waals surface area (Å²) in [6.07, 6.45) is 0.140. The molecule has 0 radical (unpaired) electrons. The highest BCUT2D eigenvalue weighted by atomic mass is 79.9. The van der Waals surface area contributed by atoms with Crippen LogP contribution in [-0.2, 0) is 16.0 Å². The summed E-state index contributed by atoms with van der Waals surface area (Å²) in [4.78, 5) is 22.9. The van der Waals surface area contributed by atoms with Crippen LogP contribution >= 0.6 is 27.5 Å². The van der Waals surface area contributed by atoms with Crippen molar-refractivity contribution in [3.05, 3.63) is 33.8 Å². The Balaban J connectivity index is 3.02. The molecular weight excluding hydrogens is 307 g/mol. The summed E-state index contributed by atoms with van der Waals surface area (Å²) in [6, 6.07) is 5.14. The summed E-state index contributed by atoms with van der Waals surface area (Å²) in [6.45, 7) is 1.61. The number of carbonyl (C=O) groups excluding carboxylic acids is 2. The molecule has 92 valence electrons. The summed E-state index contributed by atoms with van der Waals surface area (Å²) >= 11 is 9.05. The van der Waals surface area contributed by atoms with E-state index in [1.807, 2.05) is 0 Å². The number of alkyl halides is 1. The number of benzene rings is 1. The smallest absolute Gasteiger partial charge is 0.309 e. The zero-order valence-electron chi connectivity index (χ0n) is 9.50. The highest BCUT2D eigenvalue weighted by Crippen LogP contribution is 2.21. The number of ether oxygens (including phenoxy) is 1. The molecule has 0 saturated carbocycles.